The van der Waals surface area contributed by atoms with Crippen molar-refractivity contribution in [1.82, 2.24) is 9.71 Å². The predicted molar refractivity (Wildman–Crippen MR) is 81.2 cm³/mol. The Balaban J connectivity index is 2.28. The Bertz CT molecular complexity index is 806. The SMILES string of the molecule is Cc1cnc(C(C)NS(=O)(=O)c2ccc(C#N)cc2N)s1. The zero-order valence-electron chi connectivity index (χ0n) is 11.5. The normalized spacial score (nSPS) is 12.8. The molecule has 6 nitrogen and oxygen atoms in total. The van der Waals surface area contributed by atoms with E-state index in [2.05, 4.69) is 9.71 Å². The number of anilines is 1. The lowest BCUT2D eigenvalue weighted by Gasteiger charge is -2.13. The first-order valence-corrected chi connectivity index (χ1v) is 8.37. The molecule has 0 aliphatic carbocycles. The van der Waals surface area contributed by atoms with Gasteiger partial charge in [0.1, 0.15) is 9.90 Å². The van der Waals surface area contributed by atoms with Crippen LogP contribution in [0, 0.1) is 18.3 Å². The summed E-state index contributed by atoms with van der Waals surface area (Å²) in [5.41, 5.74) is 6.08. The number of nitrogens with two attached hydrogens (primary N) is 1. The van der Waals surface area contributed by atoms with Crippen LogP contribution in [0.25, 0.3) is 0 Å². The molecule has 2 rings (SSSR count). The monoisotopic (exact) mass is 322 g/mol. The highest BCUT2D eigenvalue weighted by atomic mass is 32.2. The van der Waals surface area contributed by atoms with E-state index in [0.717, 1.165) is 4.88 Å². The van der Waals surface area contributed by atoms with E-state index in [-0.39, 0.29) is 10.6 Å². The van der Waals surface area contributed by atoms with Gasteiger partial charge >= 0.3 is 0 Å². The number of benzene rings is 1. The van der Waals surface area contributed by atoms with Crippen molar-refractivity contribution in [1.29, 1.82) is 5.26 Å². The number of aromatic nitrogens is 1. The molecule has 0 amide bonds. The molecule has 0 bridgehead atoms. The third-order valence-corrected chi connectivity index (χ3v) is 5.48. The first kappa shape index (κ1) is 15.4. The average Bonchev–Trinajstić information content (AvgIpc) is 2.84. The molecule has 1 unspecified atom stereocenters. The Kier molecular flexibility index (Phi) is 4.27. The second-order valence-corrected chi connectivity index (χ2v) is 7.47. The van der Waals surface area contributed by atoms with Crippen LogP contribution in [0.4, 0.5) is 5.69 Å². The van der Waals surface area contributed by atoms with Gasteiger partial charge in [-0.2, -0.15) is 5.26 Å². The Morgan fingerprint density at radius 1 is 1.48 bits per heavy atom. The van der Waals surface area contributed by atoms with Crippen molar-refractivity contribution in [3.05, 3.63) is 39.8 Å². The van der Waals surface area contributed by atoms with E-state index >= 15 is 0 Å². The second kappa shape index (κ2) is 5.81. The first-order valence-electron chi connectivity index (χ1n) is 6.08. The van der Waals surface area contributed by atoms with Crippen molar-refractivity contribution in [2.24, 2.45) is 0 Å². The fourth-order valence-corrected chi connectivity index (χ4v) is 3.95. The van der Waals surface area contributed by atoms with Gasteiger partial charge in [-0.05, 0) is 32.0 Å². The minimum absolute atomic E-state index is 0.0402. The zero-order chi connectivity index (χ0) is 15.6. The molecule has 2 aromatic rings. The summed E-state index contributed by atoms with van der Waals surface area (Å²) in [5, 5.41) is 9.46. The molecular formula is C13H14N4O2S2. The molecule has 0 saturated heterocycles. The Morgan fingerprint density at radius 3 is 2.71 bits per heavy atom. The summed E-state index contributed by atoms with van der Waals surface area (Å²) in [6, 6.07) is 5.55. The molecule has 110 valence electrons. The number of nitrogens with zero attached hydrogens (tertiary/aromatic N) is 2. The van der Waals surface area contributed by atoms with Gasteiger partial charge in [-0.25, -0.2) is 18.1 Å². The molecule has 3 N–H and O–H groups in total. The Hall–Kier alpha value is -1.95. The summed E-state index contributed by atoms with van der Waals surface area (Å²) >= 11 is 1.43. The molecule has 0 aliphatic rings. The van der Waals surface area contributed by atoms with Crippen molar-refractivity contribution in [2.75, 3.05) is 5.73 Å². The van der Waals surface area contributed by atoms with Crippen LogP contribution in [-0.4, -0.2) is 13.4 Å². The van der Waals surface area contributed by atoms with E-state index in [1.54, 1.807) is 13.1 Å². The number of thiazole rings is 1. The van der Waals surface area contributed by atoms with Crippen LogP contribution in [0.15, 0.2) is 29.3 Å². The minimum atomic E-state index is -3.77. The number of sulfonamides is 1. The van der Waals surface area contributed by atoms with Crippen molar-refractivity contribution in [3.8, 4) is 6.07 Å². The lowest BCUT2D eigenvalue weighted by molar-refractivity contribution is 0.567. The molecule has 0 spiro atoms. The van der Waals surface area contributed by atoms with Gasteiger partial charge in [-0.1, -0.05) is 0 Å². The van der Waals surface area contributed by atoms with E-state index in [9.17, 15) is 8.42 Å². The van der Waals surface area contributed by atoms with Gasteiger partial charge in [0.05, 0.1) is 23.4 Å². The predicted octanol–water partition coefficient (Wildman–Crippen LogP) is 1.94. The third-order valence-electron chi connectivity index (χ3n) is 2.77. The number of hydrogen-bond donors (Lipinski definition) is 2. The lowest BCUT2D eigenvalue weighted by atomic mass is 10.2. The fraction of sp³-hybridized carbons (Fsp3) is 0.231. The summed E-state index contributed by atoms with van der Waals surface area (Å²) in [7, 11) is -3.77. The summed E-state index contributed by atoms with van der Waals surface area (Å²) in [6.45, 7) is 3.62. The standard InChI is InChI=1S/C13H14N4O2S2/c1-8-7-16-13(20-8)9(2)17-21(18,19)12-4-3-10(6-14)5-11(12)15/h3-5,7,9,17H,15H2,1-2H3. The maximum absolute atomic E-state index is 12.3. The summed E-state index contributed by atoms with van der Waals surface area (Å²) in [5.74, 6) is 0. The van der Waals surface area contributed by atoms with Gasteiger partial charge in [-0.3, -0.25) is 0 Å². The Labute approximate surface area is 127 Å². The molecule has 0 aliphatic heterocycles. The first-order chi connectivity index (χ1) is 9.83. The van der Waals surface area contributed by atoms with E-state index in [0.29, 0.717) is 10.6 Å². The van der Waals surface area contributed by atoms with Crippen molar-refractivity contribution in [2.45, 2.75) is 24.8 Å². The highest BCUT2D eigenvalue weighted by Crippen LogP contribution is 2.24. The molecule has 8 heteroatoms. The highest BCUT2D eigenvalue weighted by Gasteiger charge is 2.22. The van der Waals surface area contributed by atoms with Crippen molar-refractivity contribution >= 4 is 27.0 Å². The molecule has 0 fully saturated rings. The van der Waals surface area contributed by atoms with Gasteiger partial charge in [0.25, 0.3) is 0 Å². The maximum Gasteiger partial charge on any atom is 0.243 e. The number of nitrogen functional groups attached to an aromatic ring is 1. The van der Waals surface area contributed by atoms with Gasteiger partial charge in [0, 0.05) is 11.1 Å². The van der Waals surface area contributed by atoms with E-state index in [4.69, 9.17) is 11.0 Å². The summed E-state index contributed by atoms with van der Waals surface area (Å²) < 4.78 is 27.2. The quantitative estimate of drug-likeness (QED) is 0.836. The van der Waals surface area contributed by atoms with Crippen molar-refractivity contribution < 1.29 is 8.42 Å². The fourth-order valence-electron chi connectivity index (χ4n) is 1.78. The molecular weight excluding hydrogens is 308 g/mol. The van der Waals surface area contributed by atoms with Gasteiger partial charge < -0.3 is 5.73 Å². The van der Waals surface area contributed by atoms with Crippen LogP contribution in [0.1, 0.15) is 28.4 Å². The third kappa shape index (κ3) is 3.39. The number of hydrogen-bond acceptors (Lipinski definition) is 6. The van der Waals surface area contributed by atoms with Crippen LogP contribution < -0.4 is 10.5 Å². The van der Waals surface area contributed by atoms with Crippen LogP contribution in [0.3, 0.4) is 0 Å². The molecule has 21 heavy (non-hydrogen) atoms. The highest BCUT2D eigenvalue weighted by molar-refractivity contribution is 7.89. The van der Waals surface area contributed by atoms with E-state index < -0.39 is 16.1 Å². The summed E-state index contributed by atoms with van der Waals surface area (Å²) in [4.78, 5) is 5.13. The van der Waals surface area contributed by atoms with E-state index in [1.807, 2.05) is 13.0 Å². The Morgan fingerprint density at radius 2 is 2.19 bits per heavy atom. The van der Waals surface area contributed by atoms with Crippen LogP contribution in [0.5, 0.6) is 0 Å². The van der Waals surface area contributed by atoms with E-state index in [1.165, 1.54) is 29.5 Å². The van der Waals surface area contributed by atoms with Crippen LogP contribution in [0.2, 0.25) is 0 Å². The molecule has 1 heterocycles. The molecule has 1 atom stereocenters. The molecule has 0 radical (unpaired) electrons. The number of nitriles is 1. The minimum Gasteiger partial charge on any atom is -0.398 e. The smallest absolute Gasteiger partial charge is 0.243 e. The average molecular weight is 322 g/mol. The van der Waals surface area contributed by atoms with Gasteiger partial charge in [0.15, 0.2) is 0 Å². The van der Waals surface area contributed by atoms with Crippen LogP contribution >= 0.6 is 11.3 Å². The lowest BCUT2D eigenvalue weighted by Crippen LogP contribution is -2.27. The summed E-state index contributed by atoms with van der Waals surface area (Å²) in [6.07, 6.45) is 1.70. The topological polar surface area (TPSA) is 109 Å². The van der Waals surface area contributed by atoms with Crippen molar-refractivity contribution in [3.63, 3.8) is 0 Å². The second-order valence-electron chi connectivity index (χ2n) is 4.52. The van der Waals surface area contributed by atoms with Crippen LogP contribution in [-0.2, 0) is 10.0 Å². The zero-order valence-corrected chi connectivity index (χ0v) is 13.1. The molecule has 1 aromatic carbocycles. The maximum atomic E-state index is 12.3. The largest absolute Gasteiger partial charge is 0.398 e. The molecule has 1 aromatic heterocycles. The number of rotatable bonds is 4. The number of nitrogens with one attached hydrogen (secondary N) is 1. The number of aryl methyl sites for hydroxylation is 1. The van der Waals surface area contributed by atoms with Gasteiger partial charge in [0.2, 0.25) is 10.0 Å². The molecule has 0 saturated carbocycles. The van der Waals surface area contributed by atoms with Gasteiger partial charge in [-0.15, -0.1) is 11.3 Å².